The number of rotatable bonds is 6. The van der Waals surface area contributed by atoms with Crippen LogP contribution in [0.1, 0.15) is 39.9 Å². The molecule has 2 saturated heterocycles. The molecule has 11 heteroatoms. The molecule has 1 atom stereocenters. The number of carbonyl (C=O) groups is 3. The van der Waals surface area contributed by atoms with E-state index in [1.54, 1.807) is 0 Å². The number of phenols is 3. The number of benzene rings is 2. The van der Waals surface area contributed by atoms with Crippen molar-refractivity contribution in [3.63, 3.8) is 0 Å². The van der Waals surface area contributed by atoms with Crippen LogP contribution in [0, 0.1) is 0 Å². The summed E-state index contributed by atoms with van der Waals surface area (Å²) < 4.78 is 11.2. The number of phenolic OH excluding ortho intramolecular Hbond substituents is 3. The molecule has 11 nitrogen and oxygen atoms in total. The molecule has 3 aliphatic heterocycles. The van der Waals surface area contributed by atoms with Gasteiger partial charge in [0.2, 0.25) is 23.3 Å². The highest BCUT2D eigenvalue weighted by molar-refractivity contribution is 6.07. The zero-order valence-electron chi connectivity index (χ0n) is 19.5. The summed E-state index contributed by atoms with van der Waals surface area (Å²) >= 11 is 0. The van der Waals surface area contributed by atoms with E-state index in [1.807, 2.05) is 24.3 Å². The number of aromatic hydroxyl groups is 3. The number of nitrogens with one attached hydrogen (secondary N) is 1. The summed E-state index contributed by atoms with van der Waals surface area (Å²) in [5.74, 6) is -4.19. The molecular formula is C25H27N3O8. The van der Waals surface area contributed by atoms with Crippen LogP contribution >= 0.6 is 0 Å². The van der Waals surface area contributed by atoms with Gasteiger partial charge in [0, 0.05) is 31.6 Å². The molecule has 0 spiro atoms. The Balaban J connectivity index is 1.33. The van der Waals surface area contributed by atoms with Gasteiger partial charge in [0.15, 0.2) is 11.5 Å². The first-order chi connectivity index (χ1) is 17.3. The Morgan fingerprint density at radius 3 is 2.36 bits per heavy atom. The normalized spacial score (nSPS) is 20.4. The van der Waals surface area contributed by atoms with Gasteiger partial charge in [-0.3, -0.25) is 24.6 Å². The van der Waals surface area contributed by atoms with Crippen LogP contribution in [0.25, 0.3) is 0 Å². The van der Waals surface area contributed by atoms with E-state index in [-0.39, 0.29) is 42.9 Å². The topological polar surface area (TPSA) is 149 Å². The van der Waals surface area contributed by atoms with Gasteiger partial charge in [0.1, 0.15) is 12.6 Å². The molecule has 2 aromatic carbocycles. The molecule has 3 aliphatic rings. The van der Waals surface area contributed by atoms with Gasteiger partial charge in [-0.1, -0.05) is 24.3 Å². The molecule has 0 saturated carbocycles. The molecule has 5 rings (SSSR count). The molecule has 0 aromatic heterocycles. The van der Waals surface area contributed by atoms with Crippen molar-refractivity contribution >= 4 is 17.7 Å². The second-order valence-corrected chi connectivity index (χ2v) is 9.12. The number of nitrogens with zero attached hydrogens (tertiary/aromatic N) is 2. The van der Waals surface area contributed by atoms with Crippen LogP contribution in [-0.2, 0) is 34.0 Å². The fraction of sp³-hybridized carbons (Fsp3) is 0.400. The van der Waals surface area contributed by atoms with Gasteiger partial charge < -0.3 is 29.7 Å². The van der Waals surface area contributed by atoms with E-state index in [9.17, 15) is 29.7 Å². The smallest absolute Gasteiger partial charge is 0.259 e. The van der Waals surface area contributed by atoms with Crippen LogP contribution in [0.2, 0.25) is 0 Å². The molecule has 0 radical (unpaired) electrons. The van der Waals surface area contributed by atoms with Crippen LogP contribution in [0.4, 0.5) is 0 Å². The van der Waals surface area contributed by atoms with E-state index >= 15 is 0 Å². The fourth-order valence-electron chi connectivity index (χ4n) is 4.81. The number of hydrogen-bond donors (Lipinski definition) is 4. The number of morpholine rings is 1. The first kappa shape index (κ1) is 23.9. The Bertz CT molecular complexity index is 1210. The number of imide groups is 1. The van der Waals surface area contributed by atoms with Crippen molar-refractivity contribution in [2.24, 2.45) is 0 Å². The molecule has 0 bridgehead atoms. The zero-order chi connectivity index (χ0) is 25.4. The van der Waals surface area contributed by atoms with E-state index in [4.69, 9.17) is 9.47 Å². The third-order valence-electron chi connectivity index (χ3n) is 6.78. The van der Waals surface area contributed by atoms with E-state index in [2.05, 4.69) is 10.2 Å². The molecule has 2 fully saturated rings. The molecule has 36 heavy (non-hydrogen) atoms. The Labute approximate surface area is 206 Å². The number of ether oxygens (including phenoxy) is 2. The first-order valence-corrected chi connectivity index (χ1v) is 11.8. The first-order valence-electron chi connectivity index (χ1n) is 11.8. The minimum absolute atomic E-state index is 0.0364. The van der Waals surface area contributed by atoms with Crippen LogP contribution in [0.15, 0.2) is 24.3 Å². The van der Waals surface area contributed by atoms with E-state index < -0.39 is 41.0 Å². The standard InChI is InChI=1S/C25H27N3O8/c29-18-6-5-17(24(33)26-18)28-12-16-19(25(28)34)20(30)21(31)22(32)23(16)36-13-15-3-1-14(2-4-15)11-27-7-9-35-10-8-27/h1-4,17,30-32H,5-13H2,(H,26,29,33). The molecule has 1 unspecified atom stereocenters. The van der Waals surface area contributed by atoms with Gasteiger partial charge in [-0.25, -0.2) is 0 Å². The second kappa shape index (κ2) is 9.67. The van der Waals surface area contributed by atoms with Gasteiger partial charge in [0.25, 0.3) is 5.91 Å². The average Bonchev–Trinajstić information content (AvgIpc) is 3.21. The zero-order valence-corrected chi connectivity index (χ0v) is 19.5. The predicted molar refractivity (Wildman–Crippen MR) is 124 cm³/mol. The molecular weight excluding hydrogens is 470 g/mol. The number of carbonyl (C=O) groups excluding carboxylic acids is 3. The second-order valence-electron chi connectivity index (χ2n) is 9.12. The molecule has 4 N–H and O–H groups in total. The Hall–Kier alpha value is -3.83. The van der Waals surface area contributed by atoms with Crippen LogP contribution in [0.5, 0.6) is 23.0 Å². The largest absolute Gasteiger partial charge is 0.504 e. The highest BCUT2D eigenvalue weighted by atomic mass is 16.5. The van der Waals surface area contributed by atoms with Gasteiger partial charge in [-0.2, -0.15) is 0 Å². The summed E-state index contributed by atoms with van der Waals surface area (Å²) in [5, 5.41) is 33.4. The number of amides is 3. The molecule has 190 valence electrons. The fourth-order valence-corrected chi connectivity index (χ4v) is 4.81. The third kappa shape index (κ3) is 4.42. The Morgan fingerprint density at radius 1 is 0.972 bits per heavy atom. The molecule has 3 heterocycles. The highest BCUT2D eigenvalue weighted by Gasteiger charge is 2.43. The Kier molecular flexibility index (Phi) is 6.42. The van der Waals surface area contributed by atoms with E-state index in [0.717, 1.165) is 44.0 Å². The SMILES string of the molecule is O=C1CCC(N2Cc3c(OCc4ccc(CN5CCOCC5)cc4)c(O)c(O)c(O)c3C2=O)C(=O)N1. The molecule has 2 aromatic rings. The Morgan fingerprint density at radius 2 is 1.67 bits per heavy atom. The highest BCUT2D eigenvalue weighted by Crippen LogP contribution is 2.51. The van der Waals surface area contributed by atoms with Crippen molar-refractivity contribution in [1.82, 2.24) is 15.1 Å². The summed E-state index contributed by atoms with van der Waals surface area (Å²) in [5.41, 5.74) is 1.87. The van der Waals surface area contributed by atoms with Crippen molar-refractivity contribution in [2.75, 3.05) is 26.3 Å². The van der Waals surface area contributed by atoms with Gasteiger partial charge in [0.05, 0.1) is 25.3 Å². The maximum absolute atomic E-state index is 13.1. The molecule has 0 aliphatic carbocycles. The lowest BCUT2D eigenvalue weighted by Crippen LogP contribution is -2.52. The summed E-state index contributed by atoms with van der Waals surface area (Å²) in [6.07, 6.45) is 0.208. The van der Waals surface area contributed by atoms with Crippen molar-refractivity contribution in [2.45, 2.75) is 38.6 Å². The lowest BCUT2D eigenvalue weighted by molar-refractivity contribution is -0.136. The quantitative estimate of drug-likeness (QED) is 0.338. The lowest BCUT2D eigenvalue weighted by atomic mass is 10.0. The average molecular weight is 498 g/mol. The van der Waals surface area contributed by atoms with Gasteiger partial charge in [-0.15, -0.1) is 0 Å². The summed E-state index contributed by atoms with van der Waals surface area (Å²) in [7, 11) is 0. The predicted octanol–water partition coefficient (Wildman–Crippen LogP) is 0.976. The molecule has 3 amide bonds. The summed E-state index contributed by atoms with van der Waals surface area (Å²) in [4.78, 5) is 40.4. The van der Waals surface area contributed by atoms with E-state index in [1.165, 1.54) is 4.90 Å². The van der Waals surface area contributed by atoms with Gasteiger partial charge in [-0.05, 0) is 17.5 Å². The van der Waals surface area contributed by atoms with Gasteiger partial charge >= 0.3 is 0 Å². The minimum Gasteiger partial charge on any atom is -0.504 e. The minimum atomic E-state index is -0.918. The third-order valence-corrected chi connectivity index (χ3v) is 6.78. The van der Waals surface area contributed by atoms with Crippen molar-refractivity contribution in [1.29, 1.82) is 0 Å². The number of fused-ring (bicyclic) bond motifs is 1. The van der Waals surface area contributed by atoms with Crippen LogP contribution < -0.4 is 10.1 Å². The maximum Gasteiger partial charge on any atom is 0.259 e. The van der Waals surface area contributed by atoms with E-state index in [0.29, 0.717) is 0 Å². The van der Waals surface area contributed by atoms with Crippen molar-refractivity contribution in [3.8, 4) is 23.0 Å². The van der Waals surface area contributed by atoms with Crippen LogP contribution in [-0.4, -0.2) is 75.2 Å². The lowest BCUT2D eigenvalue weighted by Gasteiger charge is -2.29. The van der Waals surface area contributed by atoms with Crippen LogP contribution in [0.3, 0.4) is 0 Å². The monoisotopic (exact) mass is 497 g/mol. The number of hydrogen-bond acceptors (Lipinski definition) is 9. The number of piperidine rings is 1. The summed E-state index contributed by atoms with van der Waals surface area (Å²) in [6, 6.07) is 6.85. The maximum atomic E-state index is 13.1. The van der Waals surface area contributed by atoms with Crippen molar-refractivity contribution < 1.29 is 39.2 Å². The summed E-state index contributed by atoms with van der Waals surface area (Å²) in [6.45, 7) is 3.93. The van der Waals surface area contributed by atoms with Crippen molar-refractivity contribution in [3.05, 3.63) is 46.5 Å².